The molecule has 6 heteroatoms. The van der Waals surface area contributed by atoms with Crippen molar-refractivity contribution >= 4 is 29.4 Å². The molecule has 0 unspecified atom stereocenters. The summed E-state index contributed by atoms with van der Waals surface area (Å²) in [6, 6.07) is 30.1. The fourth-order valence-corrected chi connectivity index (χ4v) is 6.63. The van der Waals surface area contributed by atoms with E-state index in [1.807, 2.05) is 89.2 Å². The van der Waals surface area contributed by atoms with Gasteiger partial charge < -0.3 is 10.6 Å². The maximum Gasteiger partial charge on any atom is 0.242 e. The molecule has 2 N–H and O–H groups in total. The molecule has 0 fully saturated rings. The van der Waals surface area contributed by atoms with Gasteiger partial charge in [-0.2, -0.15) is 0 Å². The number of rotatable bonds is 13. The third kappa shape index (κ3) is 8.32. The van der Waals surface area contributed by atoms with Crippen LogP contribution in [0.2, 0.25) is 0 Å². The first-order valence-electron chi connectivity index (χ1n) is 14.3. The zero-order valence-electron chi connectivity index (χ0n) is 25.1. The van der Waals surface area contributed by atoms with Crippen LogP contribution >= 0.6 is 11.8 Å². The van der Waals surface area contributed by atoms with Crippen LogP contribution in [0.3, 0.4) is 0 Å². The number of nitrogens with one attached hydrogen (secondary N) is 2. The van der Waals surface area contributed by atoms with Crippen LogP contribution in [-0.4, -0.2) is 36.4 Å². The number of thioether (sulfide) groups is 1. The van der Waals surface area contributed by atoms with Crippen molar-refractivity contribution in [3.8, 4) is 0 Å². The molecular formula is C35H44N2O3S. The van der Waals surface area contributed by atoms with Crippen molar-refractivity contribution in [2.75, 3.05) is 12.8 Å². The molecule has 0 aliphatic heterocycles. The van der Waals surface area contributed by atoms with E-state index >= 15 is 0 Å². The lowest BCUT2D eigenvalue weighted by Gasteiger charge is -2.35. The van der Waals surface area contributed by atoms with Crippen LogP contribution in [0.4, 0.5) is 0 Å². The summed E-state index contributed by atoms with van der Waals surface area (Å²) in [7, 11) is 1.57. The zero-order chi connectivity index (χ0) is 30.0. The summed E-state index contributed by atoms with van der Waals surface area (Å²) in [6.07, 6.45) is 0.685. The summed E-state index contributed by atoms with van der Waals surface area (Å²) in [4.78, 5) is 39.8. The Bertz CT molecular complexity index is 1170. The highest BCUT2D eigenvalue weighted by Gasteiger charge is 2.38. The van der Waals surface area contributed by atoms with Crippen LogP contribution in [0.15, 0.2) is 91.0 Å². The zero-order valence-corrected chi connectivity index (χ0v) is 26.0. The molecule has 0 saturated heterocycles. The van der Waals surface area contributed by atoms with E-state index in [1.54, 1.807) is 18.8 Å². The number of hydrogen-bond donors (Lipinski definition) is 2. The molecule has 3 aromatic rings. The van der Waals surface area contributed by atoms with E-state index in [2.05, 4.69) is 47.0 Å². The van der Waals surface area contributed by atoms with Gasteiger partial charge in [0.15, 0.2) is 0 Å². The van der Waals surface area contributed by atoms with Crippen LogP contribution in [0.1, 0.15) is 64.2 Å². The lowest BCUT2D eigenvalue weighted by molar-refractivity contribution is -0.134. The summed E-state index contributed by atoms with van der Waals surface area (Å²) in [5.74, 6) is -0.544. The minimum atomic E-state index is -0.693. The smallest absolute Gasteiger partial charge is 0.242 e. The maximum atomic E-state index is 13.7. The average molecular weight is 573 g/mol. The number of ketones is 1. The van der Waals surface area contributed by atoms with Gasteiger partial charge in [0.2, 0.25) is 11.8 Å². The third-order valence-electron chi connectivity index (χ3n) is 7.25. The lowest BCUT2D eigenvalue weighted by atomic mass is 9.84. The Morgan fingerprint density at radius 2 is 1.17 bits per heavy atom. The second kappa shape index (κ2) is 14.5. The van der Waals surface area contributed by atoms with Crippen molar-refractivity contribution in [3.05, 3.63) is 108 Å². The summed E-state index contributed by atoms with van der Waals surface area (Å²) < 4.78 is -0.605. The van der Waals surface area contributed by atoms with Crippen molar-refractivity contribution in [3.63, 3.8) is 0 Å². The lowest BCUT2D eigenvalue weighted by Crippen LogP contribution is -2.54. The topological polar surface area (TPSA) is 75.3 Å². The van der Waals surface area contributed by atoms with Gasteiger partial charge in [-0.25, -0.2) is 0 Å². The molecule has 0 radical (unpaired) electrons. The number of amides is 2. The monoisotopic (exact) mass is 572 g/mol. The van der Waals surface area contributed by atoms with E-state index in [4.69, 9.17) is 0 Å². The molecule has 2 amide bonds. The fourth-order valence-electron chi connectivity index (χ4n) is 5.22. The molecule has 41 heavy (non-hydrogen) atoms. The standard InChI is InChI=1S/C35H44N2O3S/c1-25(2)22-26(32(39)37-31(33(40)36-6)34(3,4)5)23-30(38)24-41-35(27-16-10-7-11-17-27,28-18-12-8-13-19-28)29-20-14-9-15-21-29/h7-21,25-26,31H,22-24H2,1-6H3,(H,36,40)(H,37,39)/t26-,31-/m1/s1. The van der Waals surface area contributed by atoms with Crippen molar-refractivity contribution < 1.29 is 14.4 Å². The second-order valence-corrected chi connectivity index (χ2v) is 13.2. The van der Waals surface area contributed by atoms with Gasteiger partial charge in [0.25, 0.3) is 0 Å². The first-order chi connectivity index (χ1) is 19.5. The van der Waals surface area contributed by atoms with Gasteiger partial charge in [-0.05, 0) is 34.4 Å². The molecule has 2 atom stereocenters. The number of benzene rings is 3. The summed E-state index contributed by atoms with van der Waals surface area (Å²) in [5, 5.41) is 5.62. The van der Waals surface area contributed by atoms with Crippen molar-refractivity contribution in [1.29, 1.82) is 0 Å². The Labute approximate surface area is 249 Å². The predicted octanol–water partition coefficient (Wildman–Crippen LogP) is 6.61. The first kappa shape index (κ1) is 32.1. The number of likely N-dealkylation sites (N-methyl/N-ethyl adjacent to an activating group) is 1. The highest BCUT2D eigenvalue weighted by Crippen LogP contribution is 2.48. The molecule has 0 aliphatic carbocycles. The number of hydrogen-bond acceptors (Lipinski definition) is 4. The molecule has 0 aliphatic rings. The van der Waals surface area contributed by atoms with Crippen LogP contribution in [0.25, 0.3) is 0 Å². The summed E-state index contributed by atoms with van der Waals surface area (Å²) in [6.45, 7) is 9.85. The molecule has 0 heterocycles. The Morgan fingerprint density at radius 3 is 1.54 bits per heavy atom. The molecule has 0 bridgehead atoms. The average Bonchev–Trinajstić information content (AvgIpc) is 2.96. The van der Waals surface area contributed by atoms with Gasteiger partial charge in [-0.3, -0.25) is 14.4 Å². The Hall–Kier alpha value is -3.38. The minimum absolute atomic E-state index is 0.00946. The highest BCUT2D eigenvalue weighted by molar-refractivity contribution is 8.01. The highest BCUT2D eigenvalue weighted by atomic mass is 32.2. The van der Waals surface area contributed by atoms with Gasteiger partial charge in [-0.15, -0.1) is 11.8 Å². The number of Topliss-reactive ketones (excluding diaryl/α,β-unsaturated/α-hetero) is 1. The van der Waals surface area contributed by atoms with Crippen LogP contribution in [-0.2, 0) is 19.1 Å². The van der Waals surface area contributed by atoms with Crippen LogP contribution < -0.4 is 10.6 Å². The molecule has 0 saturated carbocycles. The second-order valence-electron chi connectivity index (χ2n) is 12.1. The molecule has 3 rings (SSSR count). The third-order valence-corrected chi connectivity index (χ3v) is 8.86. The molecule has 218 valence electrons. The Morgan fingerprint density at radius 1 is 0.732 bits per heavy atom. The normalized spacial score (nSPS) is 13.3. The van der Waals surface area contributed by atoms with Gasteiger partial charge in [0, 0.05) is 19.4 Å². The van der Waals surface area contributed by atoms with E-state index in [-0.39, 0.29) is 35.7 Å². The van der Waals surface area contributed by atoms with Crippen molar-refractivity contribution in [2.24, 2.45) is 17.3 Å². The Balaban J connectivity index is 1.91. The summed E-state index contributed by atoms with van der Waals surface area (Å²) >= 11 is 1.59. The van der Waals surface area contributed by atoms with Crippen LogP contribution in [0.5, 0.6) is 0 Å². The van der Waals surface area contributed by atoms with Gasteiger partial charge >= 0.3 is 0 Å². The van der Waals surface area contributed by atoms with E-state index in [0.717, 1.165) is 16.7 Å². The predicted molar refractivity (Wildman–Crippen MR) is 170 cm³/mol. The van der Waals surface area contributed by atoms with E-state index in [1.165, 1.54) is 0 Å². The molecule has 3 aromatic carbocycles. The van der Waals surface area contributed by atoms with Gasteiger partial charge in [-0.1, -0.05) is 126 Å². The van der Waals surface area contributed by atoms with E-state index in [9.17, 15) is 14.4 Å². The SMILES string of the molecule is CNC(=O)[C@@H](NC(=O)[C@@H](CC(=O)CSC(c1ccccc1)(c1ccccc1)c1ccccc1)CC(C)C)C(C)(C)C. The minimum Gasteiger partial charge on any atom is -0.357 e. The molecule has 0 aromatic heterocycles. The molecule has 5 nitrogen and oxygen atoms in total. The largest absolute Gasteiger partial charge is 0.357 e. The van der Waals surface area contributed by atoms with Gasteiger partial charge in [0.05, 0.1) is 10.5 Å². The fraction of sp³-hybridized carbons (Fsp3) is 0.400. The quantitative estimate of drug-likeness (QED) is 0.226. The van der Waals surface area contributed by atoms with E-state index in [0.29, 0.717) is 6.42 Å². The van der Waals surface area contributed by atoms with Crippen molar-refractivity contribution in [2.45, 2.75) is 58.2 Å². The molecular weight excluding hydrogens is 528 g/mol. The number of carbonyl (C=O) groups is 3. The summed E-state index contributed by atoms with van der Waals surface area (Å²) in [5.41, 5.74) is 2.79. The van der Waals surface area contributed by atoms with Crippen LogP contribution in [0, 0.1) is 17.3 Å². The first-order valence-corrected chi connectivity index (χ1v) is 15.3. The molecule has 0 spiro atoms. The maximum absolute atomic E-state index is 13.7. The van der Waals surface area contributed by atoms with E-state index < -0.39 is 22.1 Å². The Kier molecular flexibility index (Phi) is 11.4. The number of carbonyl (C=O) groups excluding carboxylic acids is 3. The van der Waals surface area contributed by atoms with Crippen molar-refractivity contribution in [1.82, 2.24) is 10.6 Å². The van der Waals surface area contributed by atoms with Gasteiger partial charge in [0.1, 0.15) is 11.8 Å².